The quantitative estimate of drug-likeness (QED) is 0.333. The molecule has 37 heavy (non-hydrogen) atoms. The minimum absolute atomic E-state index is 0.0717. The van der Waals surface area contributed by atoms with Crippen LogP contribution in [0.5, 0.6) is 0 Å². The van der Waals surface area contributed by atoms with E-state index >= 15 is 0 Å². The Morgan fingerprint density at radius 1 is 1.08 bits per heavy atom. The summed E-state index contributed by atoms with van der Waals surface area (Å²) in [5.41, 5.74) is 9.51. The van der Waals surface area contributed by atoms with Gasteiger partial charge in [-0.2, -0.15) is 0 Å². The van der Waals surface area contributed by atoms with E-state index in [0.717, 1.165) is 33.2 Å². The minimum Gasteiger partial charge on any atom is -0.378 e. The van der Waals surface area contributed by atoms with Gasteiger partial charge in [-0.25, -0.2) is 0 Å². The van der Waals surface area contributed by atoms with Gasteiger partial charge in [0.05, 0.1) is 49.4 Å². The zero-order chi connectivity index (χ0) is 25.6. The lowest BCUT2D eigenvalue weighted by Gasteiger charge is -2.28. The molecule has 1 aliphatic heterocycles. The van der Waals surface area contributed by atoms with Gasteiger partial charge in [-0.05, 0) is 31.3 Å². The third kappa shape index (κ3) is 5.50. The number of nitrogens with zero attached hydrogens (tertiary/aromatic N) is 5. The lowest BCUT2D eigenvalue weighted by atomic mass is 10.1. The number of likely N-dealkylation sites (N-methyl/N-ethyl adjacent to an activating group) is 1. The van der Waals surface area contributed by atoms with Gasteiger partial charge < -0.3 is 24.7 Å². The molecule has 1 aliphatic rings. The SMILES string of the molecule is CN(Cc1nccc2c3ccccc3n(CC(=O)N3CCOCC3)c12)C(COCCN)c1ccccn1. The average molecular weight is 503 g/mol. The fourth-order valence-electron chi connectivity index (χ4n) is 5.04. The lowest BCUT2D eigenvalue weighted by molar-refractivity contribution is -0.135. The van der Waals surface area contributed by atoms with Crippen molar-refractivity contribution in [2.24, 2.45) is 5.73 Å². The maximum atomic E-state index is 13.3. The Morgan fingerprint density at radius 3 is 2.68 bits per heavy atom. The van der Waals surface area contributed by atoms with Gasteiger partial charge in [0.1, 0.15) is 6.54 Å². The molecule has 4 heterocycles. The highest BCUT2D eigenvalue weighted by Gasteiger charge is 2.24. The number of hydrogen-bond donors (Lipinski definition) is 1. The van der Waals surface area contributed by atoms with E-state index in [1.54, 1.807) is 6.20 Å². The number of rotatable bonds is 10. The third-order valence-corrected chi connectivity index (χ3v) is 6.91. The summed E-state index contributed by atoms with van der Waals surface area (Å²) >= 11 is 0. The standard InChI is InChI=1S/C28H34N6O3/c1-32(26(20-37-15-10-29)23-7-4-5-11-30-23)18-24-28-22(9-12-31-24)21-6-2-3-8-25(21)34(28)19-27(35)33-13-16-36-17-14-33/h2-9,11-12,26H,10,13-20,29H2,1H3. The van der Waals surface area contributed by atoms with Crippen molar-refractivity contribution in [3.63, 3.8) is 0 Å². The summed E-state index contributed by atoms with van der Waals surface area (Å²) in [4.78, 5) is 26.8. The number of pyridine rings is 2. The van der Waals surface area contributed by atoms with Crippen LogP contribution in [-0.4, -0.2) is 83.4 Å². The molecule has 1 atom stereocenters. The number of ether oxygens (including phenoxy) is 2. The van der Waals surface area contributed by atoms with Gasteiger partial charge in [-0.15, -0.1) is 0 Å². The Balaban J connectivity index is 1.51. The number of hydrogen-bond acceptors (Lipinski definition) is 7. The van der Waals surface area contributed by atoms with Gasteiger partial charge in [-0.3, -0.25) is 19.7 Å². The number of carbonyl (C=O) groups is 1. The van der Waals surface area contributed by atoms with E-state index in [1.165, 1.54) is 0 Å². The second-order valence-electron chi connectivity index (χ2n) is 9.30. The number of aromatic nitrogens is 3. The van der Waals surface area contributed by atoms with Gasteiger partial charge in [0.25, 0.3) is 0 Å². The Labute approximate surface area is 216 Å². The zero-order valence-corrected chi connectivity index (χ0v) is 21.3. The van der Waals surface area contributed by atoms with E-state index in [2.05, 4.69) is 33.6 Å². The molecule has 0 aliphatic carbocycles. The van der Waals surface area contributed by atoms with Gasteiger partial charge >= 0.3 is 0 Å². The number of para-hydroxylation sites is 1. The van der Waals surface area contributed by atoms with Gasteiger partial charge in [-0.1, -0.05) is 24.3 Å². The van der Waals surface area contributed by atoms with Crippen molar-refractivity contribution in [2.75, 3.05) is 53.1 Å². The van der Waals surface area contributed by atoms with Crippen molar-refractivity contribution in [3.8, 4) is 0 Å². The molecule has 9 heteroatoms. The monoisotopic (exact) mass is 502 g/mol. The predicted octanol–water partition coefficient (Wildman–Crippen LogP) is 2.59. The summed E-state index contributed by atoms with van der Waals surface area (Å²) in [5.74, 6) is 0.0932. The molecule has 0 spiro atoms. The summed E-state index contributed by atoms with van der Waals surface area (Å²) in [7, 11) is 2.05. The molecule has 194 valence electrons. The van der Waals surface area contributed by atoms with Crippen molar-refractivity contribution < 1.29 is 14.3 Å². The topological polar surface area (TPSA) is 98.7 Å². The second kappa shape index (κ2) is 11.8. The zero-order valence-electron chi connectivity index (χ0n) is 21.3. The summed E-state index contributed by atoms with van der Waals surface area (Å²) in [5, 5.41) is 2.21. The molecule has 9 nitrogen and oxygen atoms in total. The van der Waals surface area contributed by atoms with Crippen molar-refractivity contribution in [1.82, 2.24) is 24.3 Å². The van der Waals surface area contributed by atoms with Crippen LogP contribution < -0.4 is 5.73 Å². The van der Waals surface area contributed by atoms with Crippen molar-refractivity contribution in [1.29, 1.82) is 0 Å². The van der Waals surface area contributed by atoms with Crippen LogP contribution in [0.3, 0.4) is 0 Å². The number of amides is 1. The smallest absolute Gasteiger partial charge is 0.242 e. The number of carbonyl (C=O) groups excluding carboxylic acids is 1. The van der Waals surface area contributed by atoms with Crippen molar-refractivity contribution in [2.45, 2.75) is 19.1 Å². The lowest BCUT2D eigenvalue weighted by Crippen LogP contribution is -2.42. The van der Waals surface area contributed by atoms with Gasteiger partial charge in [0, 0.05) is 54.9 Å². The summed E-state index contributed by atoms with van der Waals surface area (Å²) in [6.45, 7) is 4.66. The molecular formula is C28H34N6O3. The summed E-state index contributed by atoms with van der Waals surface area (Å²) in [6, 6.07) is 16.1. The molecule has 0 bridgehead atoms. The Morgan fingerprint density at radius 2 is 1.89 bits per heavy atom. The van der Waals surface area contributed by atoms with Crippen LogP contribution in [0.2, 0.25) is 0 Å². The highest BCUT2D eigenvalue weighted by molar-refractivity contribution is 6.09. The van der Waals surface area contributed by atoms with Crippen LogP contribution in [-0.2, 0) is 27.4 Å². The van der Waals surface area contributed by atoms with Crippen LogP contribution in [0.4, 0.5) is 0 Å². The van der Waals surface area contributed by atoms with E-state index in [-0.39, 0.29) is 18.5 Å². The molecule has 2 N–H and O–H groups in total. The number of fused-ring (bicyclic) bond motifs is 3. The molecule has 1 saturated heterocycles. The molecule has 3 aromatic heterocycles. The molecule has 5 rings (SSSR count). The van der Waals surface area contributed by atoms with E-state index in [1.807, 2.05) is 47.5 Å². The molecule has 1 aromatic carbocycles. The molecule has 4 aromatic rings. The molecule has 0 radical (unpaired) electrons. The van der Waals surface area contributed by atoms with Crippen molar-refractivity contribution in [3.05, 3.63) is 72.3 Å². The first kappa shape index (κ1) is 25.3. The van der Waals surface area contributed by atoms with E-state index in [4.69, 9.17) is 20.2 Å². The number of morpholine rings is 1. The highest BCUT2D eigenvalue weighted by Crippen LogP contribution is 2.32. The summed E-state index contributed by atoms with van der Waals surface area (Å²) in [6.07, 6.45) is 3.65. The Bertz CT molecular complexity index is 1340. The Kier molecular flexibility index (Phi) is 8.05. The molecule has 1 fully saturated rings. The highest BCUT2D eigenvalue weighted by atomic mass is 16.5. The predicted molar refractivity (Wildman–Crippen MR) is 143 cm³/mol. The minimum atomic E-state index is -0.0717. The maximum absolute atomic E-state index is 13.3. The normalized spacial score (nSPS) is 15.1. The fourth-order valence-corrected chi connectivity index (χ4v) is 5.04. The van der Waals surface area contributed by atoms with E-state index < -0.39 is 0 Å². The van der Waals surface area contributed by atoms with E-state index in [9.17, 15) is 4.79 Å². The Hall–Kier alpha value is -3.37. The van der Waals surface area contributed by atoms with Gasteiger partial charge in [0.2, 0.25) is 5.91 Å². The largest absolute Gasteiger partial charge is 0.378 e. The first-order chi connectivity index (χ1) is 18.2. The van der Waals surface area contributed by atoms with Crippen LogP contribution in [0.1, 0.15) is 17.4 Å². The van der Waals surface area contributed by atoms with Crippen molar-refractivity contribution >= 4 is 27.7 Å². The fraction of sp³-hybridized carbons (Fsp3) is 0.393. The van der Waals surface area contributed by atoms with Crippen LogP contribution in [0, 0.1) is 0 Å². The van der Waals surface area contributed by atoms with E-state index in [0.29, 0.717) is 52.6 Å². The molecule has 1 unspecified atom stereocenters. The van der Waals surface area contributed by atoms with Crippen LogP contribution >= 0.6 is 0 Å². The number of benzene rings is 1. The maximum Gasteiger partial charge on any atom is 0.242 e. The molecule has 1 amide bonds. The average Bonchev–Trinajstić information content (AvgIpc) is 3.26. The first-order valence-corrected chi connectivity index (χ1v) is 12.8. The second-order valence-corrected chi connectivity index (χ2v) is 9.30. The summed E-state index contributed by atoms with van der Waals surface area (Å²) < 4.78 is 13.4. The van der Waals surface area contributed by atoms with Crippen LogP contribution in [0.15, 0.2) is 60.9 Å². The number of nitrogens with two attached hydrogens (primary N) is 1. The molecule has 0 saturated carbocycles. The van der Waals surface area contributed by atoms with Gasteiger partial charge in [0.15, 0.2) is 0 Å². The molecular weight excluding hydrogens is 468 g/mol. The van der Waals surface area contributed by atoms with Crippen LogP contribution in [0.25, 0.3) is 21.8 Å². The first-order valence-electron chi connectivity index (χ1n) is 12.8. The third-order valence-electron chi connectivity index (χ3n) is 6.91.